The Hall–Kier alpha value is -1.36. The fourth-order valence-corrected chi connectivity index (χ4v) is 2.64. The molecule has 1 saturated heterocycles. The van der Waals surface area contributed by atoms with Gasteiger partial charge in [0.05, 0.1) is 0 Å². The van der Waals surface area contributed by atoms with Crippen LogP contribution in [-0.4, -0.2) is 47.1 Å². The molecule has 0 saturated carbocycles. The zero-order valence-electron chi connectivity index (χ0n) is 12.9. The second-order valence-electron chi connectivity index (χ2n) is 5.58. The van der Waals surface area contributed by atoms with Gasteiger partial charge in [0.25, 0.3) is 0 Å². The van der Waals surface area contributed by atoms with E-state index in [0.29, 0.717) is 12.0 Å². The molecule has 2 heterocycles. The maximum atomic E-state index is 4.49. The van der Waals surface area contributed by atoms with Crippen LogP contribution in [-0.2, 0) is 0 Å². The Morgan fingerprint density at radius 1 is 1.20 bits per heavy atom. The SMILES string of the molecule is CCNc1nc(C)cc(NCC(C)N2CCCCC2)n1. The van der Waals surface area contributed by atoms with Gasteiger partial charge in [0.15, 0.2) is 0 Å². The molecule has 1 fully saturated rings. The van der Waals surface area contributed by atoms with Gasteiger partial charge in [-0.2, -0.15) is 4.98 Å². The highest BCUT2D eigenvalue weighted by Crippen LogP contribution is 2.14. The van der Waals surface area contributed by atoms with Crippen molar-refractivity contribution in [1.82, 2.24) is 14.9 Å². The normalized spacial score (nSPS) is 17.8. The summed E-state index contributed by atoms with van der Waals surface area (Å²) in [5, 5.41) is 6.62. The van der Waals surface area contributed by atoms with E-state index in [2.05, 4.69) is 39.3 Å². The average Bonchev–Trinajstić information content (AvgIpc) is 2.45. The molecule has 20 heavy (non-hydrogen) atoms. The lowest BCUT2D eigenvalue weighted by Crippen LogP contribution is -2.41. The van der Waals surface area contributed by atoms with Gasteiger partial charge in [-0.3, -0.25) is 4.90 Å². The lowest BCUT2D eigenvalue weighted by molar-refractivity contribution is 0.180. The summed E-state index contributed by atoms with van der Waals surface area (Å²) in [6, 6.07) is 2.55. The largest absolute Gasteiger partial charge is 0.368 e. The predicted octanol–water partition coefficient (Wildman–Crippen LogP) is 2.50. The first-order valence-corrected chi connectivity index (χ1v) is 7.76. The van der Waals surface area contributed by atoms with Crippen molar-refractivity contribution < 1.29 is 0 Å². The van der Waals surface area contributed by atoms with Crippen LogP contribution < -0.4 is 10.6 Å². The van der Waals surface area contributed by atoms with Gasteiger partial charge in [0.1, 0.15) is 5.82 Å². The molecule has 2 N–H and O–H groups in total. The second-order valence-corrected chi connectivity index (χ2v) is 5.58. The first-order chi connectivity index (χ1) is 9.69. The number of aromatic nitrogens is 2. The minimum Gasteiger partial charge on any atom is -0.368 e. The Labute approximate surface area is 122 Å². The van der Waals surface area contributed by atoms with Crippen molar-refractivity contribution in [2.45, 2.75) is 46.1 Å². The summed E-state index contributed by atoms with van der Waals surface area (Å²) in [6.07, 6.45) is 4.05. The Bertz CT molecular complexity index is 415. The Balaban J connectivity index is 1.89. The van der Waals surface area contributed by atoms with E-state index < -0.39 is 0 Å². The third-order valence-electron chi connectivity index (χ3n) is 3.78. The van der Waals surface area contributed by atoms with Crippen LogP contribution in [0.4, 0.5) is 11.8 Å². The molecule has 1 aromatic heterocycles. The number of nitrogens with zero attached hydrogens (tertiary/aromatic N) is 3. The molecule has 0 amide bonds. The van der Waals surface area contributed by atoms with E-state index in [1.54, 1.807) is 0 Å². The van der Waals surface area contributed by atoms with Crippen molar-refractivity contribution in [2.24, 2.45) is 0 Å². The van der Waals surface area contributed by atoms with Crippen LogP contribution in [0.25, 0.3) is 0 Å². The molecule has 0 bridgehead atoms. The van der Waals surface area contributed by atoms with Gasteiger partial charge in [-0.05, 0) is 46.7 Å². The van der Waals surface area contributed by atoms with Gasteiger partial charge >= 0.3 is 0 Å². The van der Waals surface area contributed by atoms with E-state index >= 15 is 0 Å². The van der Waals surface area contributed by atoms with Crippen LogP contribution in [0.3, 0.4) is 0 Å². The number of anilines is 2. The fraction of sp³-hybridized carbons (Fsp3) is 0.733. The number of hydrogen-bond donors (Lipinski definition) is 2. The molecule has 0 radical (unpaired) electrons. The Kier molecular flexibility index (Phi) is 5.59. The molecular formula is C15H27N5. The van der Waals surface area contributed by atoms with Crippen LogP contribution in [0.2, 0.25) is 0 Å². The van der Waals surface area contributed by atoms with Crippen molar-refractivity contribution in [2.75, 3.05) is 36.8 Å². The summed E-state index contributed by atoms with van der Waals surface area (Å²) in [6.45, 7) is 10.6. The molecule has 112 valence electrons. The van der Waals surface area contributed by atoms with Crippen molar-refractivity contribution in [3.63, 3.8) is 0 Å². The summed E-state index contributed by atoms with van der Waals surface area (Å²) in [5.41, 5.74) is 0.990. The number of hydrogen-bond acceptors (Lipinski definition) is 5. The highest BCUT2D eigenvalue weighted by molar-refractivity contribution is 5.42. The summed E-state index contributed by atoms with van der Waals surface area (Å²) in [7, 11) is 0. The summed E-state index contributed by atoms with van der Waals surface area (Å²) in [5.74, 6) is 1.62. The lowest BCUT2D eigenvalue weighted by atomic mass is 10.1. The zero-order chi connectivity index (χ0) is 14.4. The maximum Gasteiger partial charge on any atom is 0.224 e. The fourth-order valence-electron chi connectivity index (χ4n) is 2.64. The first kappa shape index (κ1) is 15.0. The molecule has 0 aromatic carbocycles. The number of aryl methyl sites for hydroxylation is 1. The van der Waals surface area contributed by atoms with E-state index in [1.165, 1.54) is 32.4 Å². The third-order valence-corrected chi connectivity index (χ3v) is 3.78. The molecule has 1 atom stereocenters. The number of piperidine rings is 1. The second kappa shape index (κ2) is 7.43. The smallest absolute Gasteiger partial charge is 0.224 e. The molecule has 0 aliphatic carbocycles. The van der Waals surface area contributed by atoms with Crippen molar-refractivity contribution >= 4 is 11.8 Å². The predicted molar refractivity (Wildman–Crippen MR) is 84.3 cm³/mol. The molecule has 1 aliphatic heterocycles. The topological polar surface area (TPSA) is 53.1 Å². The Morgan fingerprint density at radius 2 is 1.95 bits per heavy atom. The molecule has 2 rings (SSSR count). The first-order valence-electron chi connectivity index (χ1n) is 7.76. The van der Waals surface area contributed by atoms with Crippen LogP contribution in [0.15, 0.2) is 6.07 Å². The van der Waals surface area contributed by atoms with E-state index in [0.717, 1.165) is 24.6 Å². The van der Waals surface area contributed by atoms with Crippen LogP contribution in [0.5, 0.6) is 0 Å². The molecule has 1 aliphatic rings. The quantitative estimate of drug-likeness (QED) is 0.837. The molecule has 0 spiro atoms. The van der Waals surface area contributed by atoms with Crippen LogP contribution in [0, 0.1) is 6.92 Å². The number of rotatable bonds is 6. The lowest BCUT2D eigenvalue weighted by Gasteiger charge is -2.32. The van der Waals surface area contributed by atoms with Gasteiger partial charge in [0.2, 0.25) is 5.95 Å². The van der Waals surface area contributed by atoms with E-state index in [9.17, 15) is 0 Å². The van der Waals surface area contributed by atoms with Gasteiger partial charge in [-0.25, -0.2) is 4.98 Å². The highest BCUT2D eigenvalue weighted by atomic mass is 15.2. The monoisotopic (exact) mass is 277 g/mol. The molecular weight excluding hydrogens is 250 g/mol. The van der Waals surface area contributed by atoms with Crippen molar-refractivity contribution in [1.29, 1.82) is 0 Å². The number of nitrogens with one attached hydrogen (secondary N) is 2. The van der Waals surface area contributed by atoms with Gasteiger partial charge in [-0.1, -0.05) is 6.42 Å². The minimum atomic E-state index is 0.549. The molecule has 5 heteroatoms. The van der Waals surface area contributed by atoms with Crippen molar-refractivity contribution in [3.05, 3.63) is 11.8 Å². The van der Waals surface area contributed by atoms with Gasteiger partial charge in [-0.15, -0.1) is 0 Å². The van der Waals surface area contributed by atoms with E-state index in [-0.39, 0.29) is 0 Å². The van der Waals surface area contributed by atoms with Crippen LogP contribution >= 0.6 is 0 Å². The standard InChI is InChI=1S/C15H27N5/c1-4-16-15-18-12(2)10-14(19-15)17-11-13(3)20-8-6-5-7-9-20/h10,13H,4-9,11H2,1-3H3,(H2,16,17,18,19). The summed E-state index contributed by atoms with van der Waals surface area (Å²) >= 11 is 0. The van der Waals surface area contributed by atoms with E-state index in [1.807, 2.05) is 13.0 Å². The summed E-state index contributed by atoms with van der Waals surface area (Å²) in [4.78, 5) is 11.4. The van der Waals surface area contributed by atoms with Gasteiger partial charge < -0.3 is 10.6 Å². The Morgan fingerprint density at radius 3 is 2.65 bits per heavy atom. The molecule has 1 aromatic rings. The number of likely N-dealkylation sites (tertiary alicyclic amines) is 1. The third kappa shape index (κ3) is 4.34. The van der Waals surface area contributed by atoms with Crippen molar-refractivity contribution in [3.8, 4) is 0 Å². The minimum absolute atomic E-state index is 0.549. The highest BCUT2D eigenvalue weighted by Gasteiger charge is 2.16. The summed E-state index contributed by atoms with van der Waals surface area (Å²) < 4.78 is 0. The van der Waals surface area contributed by atoms with Gasteiger partial charge in [0, 0.05) is 30.9 Å². The molecule has 1 unspecified atom stereocenters. The van der Waals surface area contributed by atoms with Crippen LogP contribution in [0.1, 0.15) is 38.8 Å². The zero-order valence-corrected chi connectivity index (χ0v) is 12.9. The molecule has 5 nitrogen and oxygen atoms in total. The van der Waals surface area contributed by atoms with E-state index in [4.69, 9.17) is 0 Å². The average molecular weight is 277 g/mol. The maximum absolute atomic E-state index is 4.49.